The molecule has 2 aliphatic rings. The van der Waals surface area contributed by atoms with Gasteiger partial charge in [0, 0.05) is 18.0 Å². The van der Waals surface area contributed by atoms with E-state index in [2.05, 4.69) is 16.4 Å². The number of para-hydroxylation sites is 1. The molecular formula is C18H18N4O. The number of hydrogen-bond acceptors (Lipinski definition) is 4. The van der Waals surface area contributed by atoms with Crippen molar-refractivity contribution in [2.75, 3.05) is 11.4 Å². The van der Waals surface area contributed by atoms with E-state index in [0.717, 1.165) is 48.9 Å². The van der Waals surface area contributed by atoms with Gasteiger partial charge in [0.1, 0.15) is 11.9 Å². The molecule has 5 nitrogen and oxygen atoms in total. The third kappa shape index (κ3) is 2.61. The van der Waals surface area contributed by atoms with Crippen LogP contribution in [0.3, 0.4) is 0 Å². The second kappa shape index (κ2) is 5.54. The van der Waals surface area contributed by atoms with Gasteiger partial charge in [0.15, 0.2) is 0 Å². The van der Waals surface area contributed by atoms with E-state index in [-0.39, 0.29) is 11.9 Å². The maximum Gasteiger partial charge on any atom is 0.242 e. The van der Waals surface area contributed by atoms with E-state index in [1.807, 2.05) is 35.2 Å². The van der Waals surface area contributed by atoms with Crippen LogP contribution in [0.5, 0.6) is 0 Å². The summed E-state index contributed by atoms with van der Waals surface area (Å²) in [4.78, 5) is 19.2. The van der Waals surface area contributed by atoms with Crippen LogP contribution < -0.4 is 10.2 Å². The Morgan fingerprint density at radius 2 is 2.13 bits per heavy atom. The second-order valence-electron chi connectivity index (χ2n) is 6.29. The molecule has 1 N–H and O–H groups in total. The number of rotatable bonds is 3. The van der Waals surface area contributed by atoms with Crippen molar-refractivity contribution in [1.82, 2.24) is 10.3 Å². The van der Waals surface area contributed by atoms with Crippen LogP contribution in [0, 0.1) is 11.3 Å². The normalized spacial score (nSPS) is 20.5. The maximum absolute atomic E-state index is 12.5. The molecule has 1 aromatic carbocycles. The zero-order valence-electron chi connectivity index (χ0n) is 12.8. The maximum atomic E-state index is 12.5. The van der Waals surface area contributed by atoms with Gasteiger partial charge in [-0.25, -0.2) is 4.98 Å². The molecule has 4 rings (SSSR count). The summed E-state index contributed by atoms with van der Waals surface area (Å²) in [5.41, 5.74) is 1.41. The summed E-state index contributed by atoms with van der Waals surface area (Å²) < 4.78 is 0. The van der Waals surface area contributed by atoms with Crippen molar-refractivity contribution < 1.29 is 4.79 Å². The van der Waals surface area contributed by atoms with E-state index < -0.39 is 0 Å². The van der Waals surface area contributed by atoms with Crippen LogP contribution in [0.25, 0.3) is 10.9 Å². The highest BCUT2D eigenvalue weighted by Crippen LogP contribution is 2.29. The highest BCUT2D eigenvalue weighted by molar-refractivity contribution is 5.89. The van der Waals surface area contributed by atoms with E-state index in [4.69, 9.17) is 0 Å². The van der Waals surface area contributed by atoms with E-state index in [1.165, 1.54) is 0 Å². The van der Waals surface area contributed by atoms with Gasteiger partial charge in [-0.15, -0.1) is 0 Å². The first-order valence-electron chi connectivity index (χ1n) is 8.13. The van der Waals surface area contributed by atoms with Crippen molar-refractivity contribution in [2.45, 2.75) is 37.8 Å². The number of carbonyl (C=O) groups excluding carboxylic acids is 1. The number of nitriles is 1. The Bertz CT molecular complexity index is 806. The summed E-state index contributed by atoms with van der Waals surface area (Å²) >= 11 is 0. The summed E-state index contributed by atoms with van der Waals surface area (Å²) in [5, 5.41) is 13.4. The molecule has 0 radical (unpaired) electrons. The fourth-order valence-corrected chi connectivity index (χ4v) is 3.24. The first-order chi connectivity index (χ1) is 11.3. The molecule has 5 heteroatoms. The van der Waals surface area contributed by atoms with Gasteiger partial charge in [-0.05, 0) is 37.8 Å². The molecule has 1 atom stereocenters. The van der Waals surface area contributed by atoms with Crippen molar-refractivity contribution in [2.24, 2.45) is 0 Å². The number of pyridine rings is 1. The summed E-state index contributed by atoms with van der Waals surface area (Å²) in [7, 11) is 0. The van der Waals surface area contributed by atoms with Gasteiger partial charge in [-0.3, -0.25) is 4.79 Å². The fourth-order valence-electron chi connectivity index (χ4n) is 3.24. The monoisotopic (exact) mass is 306 g/mol. The van der Waals surface area contributed by atoms with Crippen LogP contribution in [-0.4, -0.2) is 29.5 Å². The lowest BCUT2D eigenvalue weighted by molar-refractivity contribution is -0.122. The lowest BCUT2D eigenvalue weighted by atomic mass is 10.1. The number of fused-ring (bicyclic) bond motifs is 1. The number of carbonyl (C=O) groups is 1. The zero-order chi connectivity index (χ0) is 15.8. The lowest BCUT2D eigenvalue weighted by Gasteiger charge is -2.25. The van der Waals surface area contributed by atoms with Gasteiger partial charge in [0.25, 0.3) is 0 Å². The van der Waals surface area contributed by atoms with Crippen molar-refractivity contribution in [3.63, 3.8) is 0 Å². The molecule has 1 aliphatic carbocycles. The smallest absolute Gasteiger partial charge is 0.242 e. The van der Waals surface area contributed by atoms with Crippen LogP contribution in [0.1, 0.15) is 31.2 Å². The van der Waals surface area contributed by atoms with E-state index in [1.54, 1.807) is 0 Å². The van der Waals surface area contributed by atoms with Gasteiger partial charge in [-0.2, -0.15) is 5.26 Å². The molecule has 0 bridgehead atoms. The number of amides is 1. The number of hydrogen-bond donors (Lipinski definition) is 1. The average Bonchev–Trinajstić information content (AvgIpc) is 3.25. The highest BCUT2D eigenvalue weighted by atomic mass is 16.2. The minimum Gasteiger partial charge on any atom is -0.352 e. The molecule has 23 heavy (non-hydrogen) atoms. The van der Waals surface area contributed by atoms with Crippen LogP contribution in [0.4, 0.5) is 5.82 Å². The summed E-state index contributed by atoms with van der Waals surface area (Å²) in [6.07, 6.45) is 3.99. The lowest BCUT2D eigenvalue weighted by Crippen LogP contribution is -2.44. The molecule has 2 heterocycles. The van der Waals surface area contributed by atoms with Crippen LogP contribution in [0.15, 0.2) is 30.3 Å². The second-order valence-corrected chi connectivity index (χ2v) is 6.29. The molecular weight excluding hydrogens is 288 g/mol. The van der Waals surface area contributed by atoms with Gasteiger partial charge < -0.3 is 10.2 Å². The number of nitrogens with one attached hydrogen (secondary N) is 1. The number of anilines is 1. The summed E-state index contributed by atoms with van der Waals surface area (Å²) in [6, 6.07) is 11.9. The highest BCUT2D eigenvalue weighted by Gasteiger charge is 2.34. The largest absolute Gasteiger partial charge is 0.352 e. The third-order valence-electron chi connectivity index (χ3n) is 4.60. The molecule has 2 fully saturated rings. The Morgan fingerprint density at radius 3 is 2.91 bits per heavy atom. The molecule has 116 valence electrons. The average molecular weight is 306 g/mol. The molecule has 1 aliphatic heterocycles. The van der Waals surface area contributed by atoms with E-state index in [9.17, 15) is 10.1 Å². The summed E-state index contributed by atoms with van der Waals surface area (Å²) in [6.45, 7) is 0.805. The predicted molar refractivity (Wildman–Crippen MR) is 88.0 cm³/mol. The topological polar surface area (TPSA) is 69.0 Å². The molecule has 0 spiro atoms. The third-order valence-corrected chi connectivity index (χ3v) is 4.60. The Balaban J connectivity index is 1.69. The standard InChI is InChI=1S/C18H18N4O/c19-11-12-10-17(21-15-5-2-1-4-14(12)15)22-9-3-6-16(22)18(23)20-13-7-8-13/h1-2,4-5,10,13,16H,3,6-9H2,(H,20,23). The van der Waals surface area contributed by atoms with Gasteiger partial charge >= 0.3 is 0 Å². The van der Waals surface area contributed by atoms with E-state index >= 15 is 0 Å². The minimum absolute atomic E-state index is 0.0958. The number of nitrogens with zero attached hydrogens (tertiary/aromatic N) is 3. The molecule has 1 amide bonds. The van der Waals surface area contributed by atoms with Gasteiger partial charge in [-0.1, -0.05) is 18.2 Å². The van der Waals surface area contributed by atoms with Crippen molar-refractivity contribution in [3.05, 3.63) is 35.9 Å². The van der Waals surface area contributed by atoms with Gasteiger partial charge in [0.2, 0.25) is 5.91 Å². The first-order valence-corrected chi connectivity index (χ1v) is 8.13. The molecule has 1 aromatic heterocycles. The molecule has 1 saturated heterocycles. The van der Waals surface area contributed by atoms with E-state index in [0.29, 0.717) is 11.6 Å². The molecule has 1 saturated carbocycles. The SMILES string of the molecule is N#Cc1cc(N2CCCC2C(=O)NC2CC2)nc2ccccc12. The predicted octanol–water partition coefficient (Wildman–Crippen LogP) is 2.35. The first kappa shape index (κ1) is 14.0. The Kier molecular flexibility index (Phi) is 3.38. The van der Waals surface area contributed by atoms with Crippen LogP contribution in [0.2, 0.25) is 0 Å². The fraction of sp³-hybridized carbons (Fsp3) is 0.389. The Morgan fingerprint density at radius 1 is 1.30 bits per heavy atom. The zero-order valence-corrected chi connectivity index (χ0v) is 12.8. The summed E-state index contributed by atoms with van der Waals surface area (Å²) in [5.74, 6) is 0.826. The van der Waals surface area contributed by atoms with Crippen molar-refractivity contribution >= 4 is 22.6 Å². The van der Waals surface area contributed by atoms with Gasteiger partial charge in [0.05, 0.1) is 17.1 Å². The van der Waals surface area contributed by atoms with Crippen molar-refractivity contribution in [1.29, 1.82) is 5.26 Å². The number of benzene rings is 1. The minimum atomic E-state index is -0.171. The number of aromatic nitrogens is 1. The van der Waals surface area contributed by atoms with Crippen molar-refractivity contribution in [3.8, 4) is 6.07 Å². The van der Waals surface area contributed by atoms with Crippen LogP contribution >= 0.6 is 0 Å². The Hall–Kier alpha value is -2.61. The quantitative estimate of drug-likeness (QED) is 0.945. The van der Waals surface area contributed by atoms with Crippen LogP contribution in [-0.2, 0) is 4.79 Å². The Labute approximate surface area is 134 Å². The molecule has 1 unspecified atom stereocenters. The molecule has 2 aromatic rings.